The van der Waals surface area contributed by atoms with Crippen molar-refractivity contribution in [1.82, 2.24) is 4.90 Å². The first kappa shape index (κ1) is 16.3. The fraction of sp³-hybridized carbons (Fsp3) is 0.167. The van der Waals surface area contributed by atoms with Gasteiger partial charge in [-0.15, -0.1) is 6.58 Å². The fourth-order valence-corrected chi connectivity index (χ4v) is 3.62. The Morgan fingerprint density at radius 3 is 2.75 bits per heavy atom. The molecule has 1 unspecified atom stereocenters. The van der Waals surface area contributed by atoms with Crippen LogP contribution in [0.5, 0.6) is 0 Å². The number of nitrogens with zero attached hydrogens (tertiary/aromatic N) is 1. The van der Waals surface area contributed by atoms with E-state index in [0.717, 1.165) is 27.4 Å². The van der Waals surface area contributed by atoms with Gasteiger partial charge in [-0.3, -0.25) is 19.3 Å². The molecule has 3 rings (SSSR count). The summed E-state index contributed by atoms with van der Waals surface area (Å²) in [6.45, 7) is 3.70. The molecule has 122 valence electrons. The molecule has 2 aromatic carbocycles. The van der Waals surface area contributed by atoms with Gasteiger partial charge in [-0.1, -0.05) is 54.2 Å². The van der Waals surface area contributed by atoms with Crippen molar-refractivity contribution in [3.8, 4) is 0 Å². The van der Waals surface area contributed by atoms with E-state index in [4.69, 9.17) is 0 Å². The molecule has 6 heteroatoms. The summed E-state index contributed by atoms with van der Waals surface area (Å²) in [6.07, 6.45) is 1.46. The number of carbonyl (C=O) groups is 3. The SMILES string of the molecule is C=CCN1C(=O)SC(CC(=O)Nc2cccc3ccccc23)C1=O. The highest BCUT2D eigenvalue weighted by Crippen LogP contribution is 2.30. The molecule has 1 saturated heterocycles. The van der Waals surface area contributed by atoms with Gasteiger partial charge in [-0.25, -0.2) is 0 Å². The molecule has 2 aromatic rings. The molecule has 1 aliphatic rings. The van der Waals surface area contributed by atoms with Gasteiger partial charge in [-0.05, 0) is 11.5 Å². The Bertz CT molecular complexity index is 829. The monoisotopic (exact) mass is 340 g/mol. The smallest absolute Gasteiger partial charge is 0.289 e. The van der Waals surface area contributed by atoms with Gasteiger partial charge in [0.2, 0.25) is 11.8 Å². The molecule has 0 radical (unpaired) electrons. The molecule has 3 amide bonds. The molecule has 1 fully saturated rings. The van der Waals surface area contributed by atoms with Crippen LogP contribution in [0.2, 0.25) is 0 Å². The molecule has 1 atom stereocenters. The number of nitrogens with one attached hydrogen (secondary N) is 1. The van der Waals surface area contributed by atoms with Gasteiger partial charge in [0.1, 0.15) is 5.25 Å². The predicted molar refractivity (Wildman–Crippen MR) is 95.9 cm³/mol. The van der Waals surface area contributed by atoms with Crippen LogP contribution in [-0.4, -0.2) is 33.7 Å². The predicted octanol–water partition coefficient (Wildman–Crippen LogP) is 3.42. The Morgan fingerprint density at radius 1 is 1.21 bits per heavy atom. The van der Waals surface area contributed by atoms with Gasteiger partial charge < -0.3 is 5.32 Å². The number of thioether (sulfide) groups is 1. The van der Waals surface area contributed by atoms with E-state index in [1.807, 2.05) is 42.5 Å². The molecule has 1 heterocycles. The Kier molecular flexibility index (Phi) is 4.66. The standard InChI is InChI=1S/C18H16N2O3S/c1-2-10-20-17(22)15(24-18(20)23)11-16(21)19-14-9-5-7-12-6-3-4-8-13(12)14/h2-9,15H,1,10-11H2,(H,19,21). The van der Waals surface area contributed by atoms with Crippen LogP contribution < -0.4 is 5.32 Å². The van der Waals surface area contributed by atoms with E-state index in [1.165, 1.54) is 6.08 Å². The van der Waals surface area contributed by atoms with Gasteiger partial charge in [0, 0.05) is 24.0 Å². The van der Waals surface area contributed by atoms with Crippen LogP contribution >= 0.6 is 11.8 Å². The van der Waals surface area contributed by atoms with Crippen molar-refractivity contribution >= 4 is 45.3 Å². The number of amides is 3. The lowest BCUT2D eigenvalue weighted by molar-refractivity contribution is -0.128. The molecule has 0 saturated carbocycles. The Hall–Kier alpha value is -2.60. The third-order valence-electron chi connectivity index (χ3n) is 3.75. The summed E-state index contributed by atoms with van der Waals surface area (Å²) in [5, 5.41) is 3.79. The van der Waals surface area contributed by atoms with Gasteiger partial charge >= 0.3 is 0 Å². The van der Waals surface area contributed by atoms with Crippen molar-refractivity contribution in [3.63, 3.8) is 0 Å². The average molecular weight is 340 g/mol. The number of benzene rings is 2. The Balaban J connectivity index is 1.71. The molecule has 1 aliphatic heterocycles. The highest BCUT2D eigenvalue weighted by molar-refractivity contribution is 8.15. The second kappa shape index (κ2) is 6.88. The molecule has 1 N–H and O–H groups in total. The largest absolute Gasteiger partial charge is 0.325 e. The third-order valence-corrected chi connectivity index (χ3v) is 4.83. The summed E-state index contributed by atoms with van der Waals surface area (Å²) in [7, 11) is 0. The van der Waals surface area contributed by atoms with Crippen molar-refractivity contribution in [3.05, 3.63) is 55.1 Å². The zero-order chi connectivity index (χ0) is 17.1. The molecule has 5 nitrogen and oxygen atoms in total. The molecular weight excluding hydrogens is 324 g/mol. The van der Waals surface area contributed by atoms with Crippen molar-refractivity contribution in [1.29, 1.82) is 0 Å². The first-order chi connectivity index (χ1) is 11.6. The van der Waals surface area contributed by atoms with Crippen LogP contribution in [0.15, 0.2) is 55.1 Å². The Morgan fingerprint density at radius 2 is 1.96 bits per heavy atom. The lowest BCUT2D eigenvalue weighted by atomic mass is 10.1. The maximum Gasteiger partial charge on any atom is 0.289 e. The summed E-state index contributed by atoms with van der Waals surface area (Å²) in [5.41, 5.74) is 0.697. The summed E-state index contributed by atoms with van der Waals surface area (Å²) < 4.78 is 0. The van der Waals surface area contributed by atoms with E-state index in [0.29, 0.717) is 5.69 Å². The highest BCUT2D eigenvalue weighted by atomic mass is 32.2. The normalized spacial score (nSPS) is 17.3. The quantitative estimate of drug-likeness (QED) is 0.847. The number of hydrogen-bond donors (Lipinski definition) is 1. The van der Waals surface area contributed by atoms with Gasteiger partial charge in [-0.2, -0.15) is 0 Å². The second-order valence-electron chi connectivity index (χ2n) is 5.39. The molecule has 0 spiro atoms. The van der Waals surface area contributed by atoms with E-state index in [9.17, 15) is 14.4 Å². The van der Waals surface area contributed by atoms with Gasteiger partial charge in [0.15, 0.2) is 0 Å². The molecular formula is C18H16N2O3S. The number of anilines is 1. The molecule has 0 bridgehead atoms. The van der Waals surface area contributed by atoms with E-state index >= 15 is 0 Å². The van der Waals surface area contributed by atoms with E-state index in [2.05, 4.69) is 11.9 Å². The summed E-state index contributed by atoms with van der Waals surface area (Å²) >= 11 is 0.893. The van der Waals surface area contributed by atoms with E-state index < -0.39 is 5.25 Å². The Labute approximate surface area is 143 Å². The number of imide groups is 1. The fourth-order valence-electron chi connectivity index (χ4n) is 2.63. The lowest BCUT2D eigenvalue weighted by Crippen LogP contribution is -2.33. The zero-order valence-electron chi connectivity index (χ0n) is 12.9. The van der Waals surface area contributed by atoms with Crippen molar-refractivity contribution in [2.24, 2.45) is 0 Å². The second-order valence-corrected chi connectivity index (χ2v) is 6.54. The first-order valence-corrected chi connectivity index (χ1v) is 8.38. The number of fused-ring (bicyclic) bond motifs is 1. The third kappa shape index (κ3) is 3.19. The molecule has 24 heavy (non-hydrogen) atoms. The highest BCUT2D eigenvalue weighted by Gasteiger charge is 2.39. The van der Waals surface area contributed by atoms with Crippen molar-refractivity contribution in [2.45, 2.75) is 11.7 Å². The maximum atomic E-state index is 12.3. The summed E-state index contributed by atoms with van der Waals surface area (Å²) in [6, 6.07) is 13.4. The van der Waals surface area contributed by atoms with Crippen LogP contribution in [0.4, 0.5) is 10.5 Å². The van der Waals surface area contributed by atoms with Crippen LogP contribution in [0.3, 0.4) is 0 Å². The van der Waals surface area contributed by atoms with E-state index in [1.54, 1.807) is 0 Å². The average Bonchev–Trinajstić information content (AvgIpc) is 2.83. The summed E-state index contributed by atoms with van der Waals surface area (Å²) in [4.78, 5) is 37.4. The topological polar surface area (TPSA) is 66.5 Å². The van der Waals surface area contributed by atoms with Crippen LogP contribution in [0.1, 0.15) is 6.42 Å². The molecule has 0 aliphatic carbocycles. The van der Waals surface area contributed by atoms with Gasteiger partial charge in [0.05, 0.1) is 0 Å². The van der Waals surface area contributed by atoms with Crippen LogP contribution in [-0.2, 0) is 9.59 Å². The maximum absolute atomic E-state index is 12.3. The zero-order valence-corrected chi connectivity index (χ0v) is 13.7. The minimum atomic E-state index is -0.674. The number of carbonyl (C=O) groups excluding carboxylic acids is 3. The molecule has 0 aromatic heterocycles. The van der Waals surface area contributed by atoms with Crippen molar-refractivity contribution < 1.29 is 14.4 Å². The lowest BCUT2D eigenvalue weighted by Gasteiger charge is -2.12. The van der Waals surface area contributed by atoms with Crippen molar-refractivity contribution in [2.75, 3.05) is 11.9 Å². The van der Waals surface area contributed by atoms with Crippen LogP contribution in [0.25, 0.3) is 10.8 Å². The van der Waals surface area contributed by atoms with Crippen LogP contribution in [0, 0.1) is 0 Å². The number of hydrogen-bond acceptors (Lipinski definition) is 4. The first-order valence-electron chi connectivity index (χ1n) is 7.50. The summed E-state index contributed by atoms with van der Waals surface area (Å²) in [5.74, 6) is -0.622. The minimum Gasteiger partial charge on any atom is -0.325 e. The minimum absolute atomic E-state index is 0.0356. The number of rotatable bonds is 5. The van der Waals surface area contributed by atoms with E-state index in [-0.39, 0.29) is 30.0 Å². The van der Waals surface area contributed by atoms with Gasteiger partial charge in [0.25, 0.3) is 5.24 Å².